The zero-order chi connectivity index (χ0) is 20.2. The van der Waals surface area contributed by atoms with Gasteiger partial charge in [0, 0.05) is 12.1 Å². The summed E-state index contributed by atoms with van der Waals surface area (Å²) in [5.41, 5.74) is 1.22. The highest BCUT2D eigenvalue weighted by Crippen LogP contribution is 2.28. The normalized spacial score (nSPS) is 12.3. The van der Waals surface area contributed by atoms with Crippen LogP contribution in [0.4, 0.5) is 11.4 Å². The first kappa shape index (κ1) is 20.7. The number of hydrogen-bond donors (Lipinski definition) is 1. The average molecular weight is 391 g/mol. The summed E-state index contributed by atoms with van der Waals surface area (Å²) in [6.45, 7) is 8.18. The van der Waals surface area contributed by atoms with Crippen molar-refractivity contribution in [1.82, 2.24) is 0 Å². The van der Waals surface area contributed by atoms with Gasteiger partial charge in [0.25, 0.3) is 11.6 Å². The van der Waals surface area contributed by atoms with Crippen LogP contribution in [0.3, 0.4) is 0 Å². The van der Waals surface area contributed by atoms with Crippen molar-refractivity contribution >= 4 is 28.9 Å². The fourth-order valence-electron chi connectivity index (χ4n) is 2.46. The smallest absolute Gasteiger partial charge is 0.271 e. The lowest BCUT2D eigenvalue weighted by atomic mass is 9.87. The van der Waals surface area contributed by atoms with E-state index in [0.717, 1.165) is 5.56 Å². The first-order chi connectivity index (χ1) is 12.6. The summed E-state index contributed by atoms with van der Waals surface area (Å²) in [6, 6.07) is 11.5. The number of nitrogens with zero attached hydrogens (tertiary/aromatic N) is 1. The lowest BCUT2D eigenvalue weighted by Crippen LogP contribution is -2.32. The fourth-order valence-corrected chi connectivity index (χ4v) is 2.62. The number of anilines is 1. The number of benzene rings is 2. The minimum absolute atomic E-state index is 0.0266. The van der Waals surface area contributed by atoms with Crippen molar-refractivity contribution in [3.8, 4) is 5.75 Å². The van der Waals surface area contributed by atoms with Crippen LogP contribution < -0.4 is 10.1 Å². The molecule has 0 heterocycles. The van der Waals surface area contributed by atoms with Crippen LogP contribution >= 0.6 is 11.6 Å². The molecule has 7 heteroatoms. The van der Waals surface area contributed by atoms with E-state index in [4.69, 9.17) is 16.3 Å². The third kappa shape index (κ3) is 5.44. The highest BCUT2D eigenvalue weighted by atomic mass is 35.5. The molecule has 2 aromatic rings. The number of nitrogens with one attached hydrogen (secondary N) is 1. The van der Waals surface area contributed by atoms with E-state index in [1.54, 1.807) is 0 Å². The molecule has 1 N–H and O–H groups in total. The molecule has 0 saturated heterocycles. The fraction of sp³-hybridized carbons (Fsp3) is 0.350. The Morgan fingerprint density at radius 3 is 2.37 bits per heavy atom. The number of carbonyl (C=O) groups excluding carboxylic acids is 1. The van der Waals surface area contributed by atoms with Gasteiger partial charge in [-0.05, 0) is 35.6 Å². The number of ether oxygens (including phenoxy) is 1. The average Bonchev–Trinajstić information content (AvgIpc) is 2.60. The van der Waals surface area contributed by atoms with Crippen molar-refractivity contribution in [2.45, 2.75) is 45.6 Å². The van der Waals surface area contributed by atoms with Crippen LogP contribution in [0.2, 0.25) is 5.02 Å². The molecule has 0 aliphatic rings. The summed E-state index contributed by atoms with van der Waals surface area (Å²) >= 11 is 6.04. The number of carbonyl (C=O) groups is 1. The van der Waals surface area contributed by atoms with E-state index in [0.29, 0.717) is 12.2 Å². The standard InChI is InChI=1S/C20H23ClN2O4/c1-5-18(27-15-9-6-13(7-10-15)20(2,3)4)19(24)22-17-12-14(23(25)26)8-11-16(17)21/h6-12,18H,5H2,1-4H3,(H,22,24)/t18-/m0/s1. The molecule has 2 rings (SSSR count). The molecule has 1 amide bonds. The Morgan fingerprint density at radius 2 is 1.85 bits per heavy atom. The maximum atomic E-state index is 12.5. The van der Waals surface area contributed by atoms with Crippen molar-refractivity contribution in [3.63, 3.8) is 0 Å². The van der Waals surface area contributed by atoms with Crippen molar-refractivity contribution in [3.05, 3.63) is 63.2 Å². The molecule has 1 atom stereocenters. The van der Waals surface area contributed by atoms with Gasteiger partial charge in [-0.15, -0.1) is 0 Å². The van der Waals surface area contributed by atoms with E-state index >= 15 is 0 Å². The minimum Gasteiger partial charge on any atom is -0.481 e. The largest absolute Gasteiger partial charge is 0.481 e. The number of hydrogen-bond acceptors (Lipinski definition) is 4. The third-order valence-electron chi connectivity index (χ3n) is 4.08. The second kappa shape index (κ2) is 8.39. The third-order valence-corrected chi connectivity index (χ3v) is 4.41. The molecule has 0 saturated carbocycles. The highest BCUT2D eigenvalue weighted by Gasteiger charge is 2.21. The number of nitro groups is 1. The zero-order valence-electron chi connectivity index (χ0n) is 15.8. The quantitative estimate of drug-likeness (QED) is 0.533. The van der Waals surface area contributed by atoms with E-state index in [-0.39, 0.29) is 21.8 Å². The van der Waals surface area contributed by atoms with E-state index in [2.05, 4.69) is 26.1 Å². The summed E-state index contributed by atoms with van der Waals surface area (Å²) in [4.78, 5) is 22.9. The van der Waals surface area contributed by atoms with Gasteiger partial charge in [0.15, 0.2) is 6.10 Å². The Hall–Kier alpha value is -2.60. The molecule has 0 radical (unpaired) electrons. The predicted molar refractivity (Wildman–Crippen MR) is 107 cm³/mol. The molecule has 0 unspecified atom stereocenters. The number of nitro benzene ring substituents is 1. The summed E-state index contributed by atoms with van der Waals surface area (Å²) in [5.74, 6) is 0.162. The van der Waals surface area contributed by atoms with Crippen LogP contribution in [0, 0.1) is 10.1 Å². The number of halogens is 1. The van der Waals surface area contributed by atoms with Crippen LogP contribution in [0.5, 0.6) is 5.75 Å². The summed E-state index contributed by atoms with van der Waals surface area (Å²) in [6.07, 6.45) is -0.319. The van der Waals surface area contributed by atoms with E-state index in [9.17, 15) is 14.9 Å². The van der Waals surface area contributed by atoms with E-state index in [1.807, 2.05) is 31.2 Å². The molecule has 0 bridgehead atoms. The molecule has 0 aliphatic carbocycles. The molecule has 0 aromatic heterocycles. The van der Waals surface area contributed by atoms with Gasteiger partial charge in [-0.2, -0.15) is 0 Å². The maximum absolute atomic E-state index is 12.5. The van der Waals surface area contributed by atoms with Gasteiger partial charge in [-0.3, -0.25) is 14.9 Å². The van der Waals surface area contributed by atoms with Gasteiger partial charge < -0.3 is 10.1 Å². The lowest BCUT2D eigenvalue weighted by Gasteiger charge is -2.21. The Morgan fingerprint density at radius 1 is 1.22 bits per heavy atom. The SMILES string of the molecule is CC[C@H](Oc1ccc(C(C)(C)C)cc1)C(=O)Nc1cc([N+](=O)[O-])ccc1Cl. The molecule has 0 aliphatic heterocycles. The molecule has 0 spiro atoms. The van der Waals surface area contributed by atoms with Gasteiger partial charge in [0.05, 0.1) is 15.6 Å². The van der Waals surface area contributed by atoms with E-state index < -0.39 is 16.9 Å². The molecule has 6 nitrogen and oxygen atoms in total. The first-order valence-electron chi connectivity index (χ1n) is 8.64. The molecule has 0 fully saturated rings. The van der Waals surface area contributed by atoms with Crippen molar-refractivity contribution in [2.75, 3.05) is 5.32 Å². The van der Waals surface area contributed by atoms with Gasteiger partial charge in [0.2, 0.25) is 0 Å². The minimum atomic E-state index is -0.749. The maximum Gasteiger partial charge on any atom is 0.271 e. The van der Waals surface area contributed by atoms with Crippen molar-refractivity contribution in [1.29, 1.82) is 0 Å². The van der Waals surface area contributed by atoms with Crippen LogP contribution in [0.1, 0.15) is 39.7 Å². The zero-order valence-corrected chi connectivity index (χ0v) is 16.5. The number of rotatable bonds is 6. The monoisotopic (exact) mass is 390 g/mol. The molecule has 27 heavy (non-hydrogen) atoms. The van der Waals surface area contributed by atoms with Crippen molar-refractivity contribution in [2.24, 2.45) is 0 Å². The van der Waals surface area contributed by atoms with Crippen LogP contribution in [-0.4, -0.2) is 16.9 Å². The summed E-state index contributed by atoms with van der Waals surface area (Å²) in [5, 5.41) is 13.7. The van der Waals surface area contributed by atoms with Crippen LogP contribution in [0.15, 0.2) is 42.5 Å². The number of amides is 1. The Labute approximate surface area is 163 Å². The predicted octanol–water partition coefficient (Wildman–Crippen LogP) is 5.34. The topological polar surface area (TPSA) is 81.5 Å². The molecule has 144 valence electrons. The Bertz CT molecular complexity index is 829. The van der Waals surface area contributed by atoms with Gasteiger partial charge in [-0.1, -0.05) is 51.4 Å². The second-order valence-corrected chi connectivity index (χ2v) is 7.61. The summed E-state index contributed by atoms with van der Waals surface area (Å²) < 4.78 is 5.79. The van der Waals surface area contributed by atoms with Gasteiger partial charge in [0.1, 0.15) is 5.75 Å². The van der Waals surface area contributed by atoms with Crippen LogP contribution in [0.25, 0.3) is 0 Å². The molecule has 2 aromatic carbocycles. The highest BCUT2D eigenvalue weighted by molar-refractivity contribution is 6.33. The number of non-ortho nitro benzene ring substituents is 1. The first-order valence-corrected chi connectivity index (χ1v) is 9.01. The Balaban J connectivity index is 2.12. The Kier molecular flexibility index (Phi) is 6.44. The van der Waals surface area contributed by atoms with Crippen LogP contribution in [-0.2, 0) is 10.2 Å². The lowest BCUT2D eigenvalue weighted by molar-refractivity contribution is -0.384. The molecular weight excluding hydrogens is 368 g/mol. The van der Waals surface area contributed by atoms with Gasteiger partial charge in [-0.25, -0.2) is 0 Å². The van der Waals surface area contributed by atoms with Gasteiger partial charge >= 0.3 is 0 Å². The molecular formula is C20H23ClN2O4. The van der Waals surface area contributed by atoms with Crippen molar-refractivity contribution < 1.29 is 14.5 Å². The summed E-state index contributed by atoms with van der Waals surface area (Å²) in [7, 11) is 0. The van der Waals surface area contributed by atoms with E-state index in [1.165, 1.54) is 18.2 Å². The second-order valence-electron chi connectivity index (χ2n) is 7.20.